The maximum Gasteiger partial charge on any atom is 0.167 e. The second-order valence-electron chi connectivity index (χ2n) is 5.13. The molecular weight excluding hydrogens is 246 g/mol. The van der Waals surface area contributed by atoms with Crippen molar-refractivity contribution in [2.24, 2.45) is 7.05 Å². The van der Waals surface area contributed by atoms with Crippen LogP contribution in [0.25, 0.3) is 0 Å². The molecule has 0 saturated heterocycles. The summed E-state index contributed by atoms with van der Waals surface area (Å²) < 4.78 is 2.06. The van der Waals surface area contributed by atoms with Gasteiger partial charge in [-0.1, -0.05) is 25.1 Å². The maximum absolute atomic E-state index is 9.68. The van der Waals surface area contributed by atoms with Crippen LogP contribution in [-0.4, -0.2) is 38.6 Å². The average Bonchev–Trinajstić information content (AvgIpc) is 2.76. The highest BCUT2D eigenvalue weighted by molar-refractivity contribution is 7.99. The van der Waals surface area contributed by atoms with E-state index in [0.717, 1.165) is 24.5 Å². The SMILES string of the molecule is CCNC1(CO)CCCC(Sc2nccn2C)C1. The first-order valence-corrected chi connectivity index (χ1v) is 7.57. The fourth-order valence-electron chi connectivity index (χ4n) is 2.76. The second-order valence-corrected chi connectivity index (χ2v) is 6.39. The quantitative estimate of drug-likeness (QED) is 0.856. The number of hydrogen-bond donors (Lipinski definition) is 2. The number of rotatable bonds is 5. The third-order valence-corrected chi connectivity index (χ3v) is 5.04. The smallest absolute Gasteiger partial charge is 0.167 e. The normalized spacial score (nSPS) is 28.5. The minimum absolute atomic E-state index is 0.0736. The zero-order valence-corrected chi connectivity index (χ0v) is 12.0. The fourth-order valence-corrected chi connectivity index (χ4v) is 4.09. The van der Waals surface area contributed by atoms with Gasteiger partial charge in [-0.15, -0.1) is 0 Å². The van der Waals surface area contributed by atoms with E-state index >= 15 is 0 Å². The third kappa shape index (κ3) is 3.08. The van der Waals surface area contributed by atoms with E-state index in [1.54, 1.807) is 0 Å². The van der Waals surface area contributed by atoms with Gasteiger partial charge in [-0.25, -0.2) is 4.98 Å². The lowest BCUT2D eigenvalue weighted by Gasteiger charge is -2.40. The second kappa shape index (κ2) is 6.08. The van der Waals surface area contributed by atoms with Crippen molar-refractivity contribution in [1.82, 2.24) is 14.9 Å². The van der Waals surface area contributed by atoms with E-state index in [9.17, 15) is 5.11 Å². The van der Waals surface area contributed by atoms with Crippen LogP contribution in [0.1, 0.15) is 32.6 Å². The molecular formula is C13H23N3OS. The van der Waals surface area contributed by atoms with Gasteiger partial charge in [0.1, 0.15) is 0 Å². The maximum atomic E-state index is 9.68. The van der Waals surface area contributed by atoms with E-state index in [1.165, 1.54) is 12.8 Å². The summed E-state index contributed by atoms with van der Waals surface area (Å²) in [5, 5.41) is 14.8. The first-order valence-electron chi connectivity index (χ1n) is 6.69. The van der Waals surface area contributed by atoms with Crippen LogP contribution in [0.2, 0.25) is 0 Å². The molecule has 18 heavy (non-hydrogen) atoms. The van der Waals surface area contributed by atoms with Crippen molar-refractivity contribution in [3.8, 4) is 0 Å². The Morgan fingerprint density at radius 1 is 1.67 bits per heavy atom. The van der Waals surface area contributed by atoms with Crippen molar-refractivity contribution in [1.29, 1.82) is 0 Å². The highest BCUT2D eigenvalue weighted by Crippen LogP contribution is 2.37. The standard InChI is InChI=1S/C13H23N3OS/c1-3-15-13(10-17)6-4-5-11(9-13)18-12-14-7-8-16(12)2/h7-8,11,15,17H,3-6,9-10H2,1-2H3. The third-order valence-electron chi connectivity index (χ3n) is 3.70. The van der Waals surface area contributed by atoms with Gasteiger partial charge in [0.25, 0.3) is 0 Å². The van der Waals surface area contributed by atoms with Crippen LogP contribution in [-0.2, 0) is 7.05 Å². The van der Waals surface area contributed by atoms with Crippen LogP contribution in [0.5, 0.6) is 0 Å². The van der Waals surface area contributed by atoms with Crippen molar-refractivity contribution < 1.29 is 5.11 Å². The number of aromatic nitrogens is 2. The molecule has 1 aliphatic carbocycles. The molecule has 2 N–H and O–H groups in total. The van der Waals surface area contributed by atoms with Gasteiger partial charge < -0.3 is 15.0 Å². The van der Waals surface area contributed by atoms with E-state index in [0.29, 0.717) is 5.25 Å². The van der Waals surface area contributed by atoms with Crippen molar-refractivity contribution >= 4 is 11.8 Å². The number of aliphatic hydroxyl groups excluding tert-OH is 1. The summed E-state index contributed by atoms with van der Waals surface area (Å²) in [6.07, 6.45) is 8.31. The van der Waals surface area contributed by atoms with Gasteiger partial charge >= 0.3 is 0 Å². The van der Waals surface area contributed by atoms with E-state index < -0.39 is 0 Å². The number of thioether (sulfide) groups is 1. The van der Waals surface area contributed by atoms with Crippen LogP contribution >= 0.6 is 11.8 Å². The van der Waals surface area contributed by atoms with Crippen LogP contribution < -0.4 is 5.32 Å². The molecule has 102 valence electrons. The molecule has 5 heteroatoms. The van der Waals surface area contributed by atoms with Gasteiger partial charge in [-0.05, 0) is 25.8 Å². The molecule has 1 aromatic rings. The summed E-state index contributed by atoms with van der Waals surface area (Å²) in [5.74, 6) is 0. The Labute approximate surface area is 113 Å². The molecule has 2 unspecified atom stereocenters. The number of aliphatic hydroxyl groups is 1. The molecule has 1 saturated carbocycles. The molecule has 0 aromatic carbocycles. The Kier molecular flexibility index (Phi) is 4.70. The summed E-state index contributed by atoms with van der Waals surface area (Å²) in [4.78, 5) is 4.37. The lowest BCUT2D eigenvalue weighted by atomic mass is 9.82. The van der Waals surface area contributed by atoms with Crippen molar-refractivity contribution in [2.75, 3.05) is 13.2 Å². The van der Waals surface area contributed by atoms with Crippen LogP contribution in [0, 0.1) is 0 Å². The number of imidazole rings is 1. The lowest BCUT2D eigenvalue weighted by Crippen LogP contribution is -2.52. The van der Waals surface area contributed by atoms with E-state index in [1.807, 2.05) is 31.2 Å². The molecule has 0 spiro atoms. The minimum atomic E-state index is -0.0736. The Hall–Kier alpha value is -0.520. The molecule has 0 amide bonds. The van der Waals surface area contributed by atoms with E-state index in [-0.39, 0.29) is 12.1 Å². The van der Waals surface area contributed by atoms with Crippen LogP contribution in [0.3, 0.4) is 0 Å². The molecule has 0 bridgehead atoms. The highest BCUT2D eigenvalue weighted by Gasteiger charge is 2.35. The topological polar surface area (TPSA) is 50.1 Å². The zero-order chi connectivity index (χ0) is 13.0. The largest absolute Gasteiger partial charge is 0.394 e. The molecule has 1 heterocycles. The van der Waals surface area contributed by atoms with Gasteiger partial charge in [0.15, 0.2) is 5.16 Å². The Balaban J connectivity index is 2.00. The predicted molar refractivity (Wildman–Crippen MR) is 74.8 cm³/mol. The Morgan fingerprint density at radius 2 is 2.50 bits per heavy atom. The van der Waals surface area contributed by atoms with Crippen LogP contribution in [0.15, 0.2) is 17.6 Å². The number of likely N-dealkylation sites (N-methyl/N-ethyl adjacent to an activating group) is 1. The molecule has 0 aliphatic heterocycles. The first-order chi connectivity index (χ1) is 8.69. The van der Waals surface area contributed by atoms with Gasteiger partial charge in [0.2, 0.25) is 0 Å². The van der Waals surface area contributed by atoms with E-state index in [2.05, 4.69) is 21.8 Å². The molecule has 0 radical (unpaired) electrons. The van der Waals surface area contributed by atoms with E-state index in [4.69, 9.17) is 0 Å². The predicted octanol–water partition coefficient (Wildman–Crippen LogP) is 1.80. The minimum Gasteiger partial charge on any atom is -0.394 e. The summed E-state index contributed by atoms with van der Waals surface area (Å²) in [7, 11) is 2.03. The highest BCUT2D eigenvalue weighted by atomic mass is 32.2. The Morgan fingerprint density at radius 3 is 3.11 bits per heavy atom. The van der Waals surface area contributed by atoms with Gasteiger partial charge in [0.05, 0.1) is 6.61 Å². The summed E-state index contributed by atoms with van der Waals surface area (Å²) in [5.41, 5.74) is -0.0736. The van der Waals surface area contributed by atoms with Crippen LogP contribution in [0.4, 0.5) is 0 Å². The van der Waals surface area contributed by atoms with Gasteiger partial charge in [-0.2, -0.15) is 0 Å². The molecule has 4 nitrogen and oxygen atoms in total. The molecule has 1 aliphatic rings. The molecule has 2 atom stereocenters. The number of nitrogens with zero attached hydrogens (tertiary/aromatic N) is 2. The molecule has 2 rings (SSSR count). The van der Waals surface area contributed by atoms with Crippen molar-refractivity contribution in [3.63, 3.8) is 0 Å². The fraction of sp³-hybridized carbons (Fsp3) is 0.769. The monoisotopic (exact) mass is 269 g/mol. The molecule has 1 fully saturated rings. The Bertz CT molecular complexity index is 378. The first kappa shape index (κ1) is 13.9. The average molecular weight is 269 g/mol. The number of aryl methyl sites for hydroxylation is 1. The summed E-state index contributed by atoms with van der Waals surface area (Å²) in [6, 6.07) is 0. The number of hydrogen-bond acceptors (Lipinski definition) is 4. The van der Waals surface area contributed by atoms with Crippen molar-refractivity contribution in [3.05, 3.63) is 12.4 Å². The number of nitrogens with one attached hydrogen (secondary N) is 1. The summed E-state index contributed by atoms with van der Waals surface area (Å²) >= 11 is 1.84. The van der Waals surface area contributed by atoms with Crippen molar-refractivity contribution in [2.45, 2.75) is 48.6 Å². The summed E-state index contributed by atoms with van der Waals surface area (Å²) in [6.45, 7) is 3.26. The van der Waals surface area contributed by atoms with Gasteiger partial charge in [0, 0.05) is 30.2 Å². The zero-order valence-electron chi connectivity index (χ0n) is 11.2. The van der Waals surface area contributed by atoms with Gasteiger partial charge in [-0.3, -0.25) is 0 Å². The lowest BCUT2D eigenvalue weighted by molar-refractivity contribution is 0.125. The molecule has 1 aromatic heterocycles.